The second kappa shape index (κ2) is 9.51. The van der Waals surface area contributed by atoms with E-state index in [1.165, 1.54) is 30.7 Å². The van der Waals surface area contributed by atoms with E-state index in [0.717, 1.165) is 0 Å². The third-order valence-corrected chi connectivity index (χ3v) is 7.86. The number of nitrogens with zero attached hydrogens (tertiary/aromatic N) is 1. The number of sulfonamides is 1. The number of carbonyl (C=O) groups excluding carboxylic acids is 2. The van der Waals surface area contributed by atoms with Crippen LogP contribution < -0.4 is 24.8 Å². The average Bonchev–Trinajstić information content (AvgIpc) is 2.84. The average molecular weight is 490 g/mol. The normalized spacial score (nSPS) is 18.9. The van der Waals surface area contributed by atoms with Crippen LogP contribution in [0.15, 0.2) is 41.3 Å². The predicted molar refractivity (Wildman–Crippen MR) is 125 cm³/mol. The van der Waals surface area contributed by atoms with Gasteiger partial charge in [-0.25, -0.2) is 8.42 Å². The highest BCUT2D eigenvalue weighted by Crippen LogP contribution is 2.34. The number of rotatable bonds is 6. The highest BCUT2D eigenvalue weighted by molar-refractivity contribution is 7.89. The third-order valence-electron chi connectivity index (χ3n) is 5.96. The van der Waals surface area contributed by atoms with Gasteiger partial charge in [0.1, 0.15) is 17.2 Å². The maximum Gasteiger partial charge on any atom is 0.265 e. The molecule has 2 amide bonds. The molecule has 10 nitrogen and oxygen atoms in total. The van der Waals surface area contributed by atoms with Gasteiger partial charge in [0.15, 0.2) is 6.10 Å². The summed E-state index contributed by atoms with van der Waals surface area (Å²) in [5, 5.41) is 5.54. The number of anilines is 2. The van der Waals surface area contributed by atoms with Crippen LogP contribution in [0.5, 0.6) is 17.2 Å². The van der Waals surface area contributed by atoms with Crippen LogP contribution in [0.3, 0.4) is 0 Å². The summed E-state index contributed by atoms with van der Waals surface area (Å²) in [6.45, 7) is 2.03. The van der Waals surface area contributed by atoms with Crippen LogP contribution >= 0.6 is 0 Å². The lowest BCUT2D eigenvalue weighted by atomic mass is 9.97. The summed E-state index contributed by atoms with van der Waals surface area (Å²) < 4.78 is 43.7. The maximum absolute atomic E-state index is 13.2. The molecular formula is C23H27N3O7S. The van der Waals surface area contributed by atoms with Gasteiger partial charge >= 0.3 is 0 Å². The highest BCUT2D eigenvalue weighted by Gasteiger charge is 2.33. The minimum Gasteiger partial charge on any atom is -0.497 e. The summed E-state index contributed by atoms with van der Waals surface area (Å²) in [4.78, 5) is 24.7. The molecule has 2 N–H and O–H groups in total. The van der Waals surface area contributed by atoms with Crippen LogP contribution in [-0.2, 0) is 19.6 Å². The van der Waals surface area contributed by atoms with Crippen LogP contribution in [0.1, 0.15) is 19.8 Å². The van der Waals surface area contributed by atoms with Crippen molar-refractivity contribution >= 4 is 33.2 Å². The molecule has 2 aromatic carbocycles. The van der Waals surface area contributed by atoms with Crippen molar-refractivity contribution in [1.82, 2.24) is 4.31 Å². The van der Waals surface area contributed by atoms with Crippen LogP contribution in [-0.4, -0.2) is 58.0 Å². The molecule has 0 radical (unpaired) electrons. The first-order valence-corrected chi connectivity index (χ1v) is 12.3. The molecule has 0 saturated carbocycles. The van der Waals surface area contributed by atoms with E-state index < -0.39 is 16.1 Å². The number of nitrogens with one attached hydrogen (secondary N) is 2. The van der Waals surface area contributed by atoms with Crippen LogP contribution in [0, 0.1) is 5.92 Å². The van der Waals surface area contributed by atoms with E-state index in [4.69, 9.17) is 14.2 Å². The van der Waals surface area contributed by atoms with Crippen LogP contribution in [0.25, 0.3) is 0 Å². The molecule has 0 bridgehead atoms. The maximum atomic E-state index is 13.2. The molecule has 0 aliphatic carbocycles. The molecule has 0 spiro atoms. The number of benzene rings is 2. The number of hydrogen-bond acceptors (Lipinski definition) is 7. The first kappa shape index (κ1) is 23.8. The number of fused-ring (bicyclic) bond motifs is 1. The Hall–Kier alpha value is -3.31. The third kappa shape index (κ3) is 4.80. The molecule has 11 heteroatoms. The van der Waals surface area contributed by atoms with Crippen molar-refractivity contribution in [2.45, 2.75) is 30.8 Å². The molecule has 2 aliphatic heterocycles. The van der Waals surface area contributed by atoms with Crippen molar-refractivity contribution in [3.63, 3.8) is 0 Å². The van der Waals surface area contributed by atoms with Gasteiger partial charge in [-0.05, 0) is 38.0 Å². The second-order valence-electron chi connectivity index (χ2n) is 8.18. The predicted octanol–water partition coefficient (Wildman–Crippen LogP) is 2.46. The smallest absolute Gasteiger partial charge is 0.265 e. The molecule has 0 unspecified atom stereocenters. The van der Waals surface area contributed by atoms with E-state index >= 15 is 0 Å². The number of hydrogen-bond donors (Lipinski definition) is 2. The Bertz CT molecular complexity index is 1180. The zero-order valence-electron chi connectivity index (χ0n) is 19.2. The van der Waals surface area contributed by atoms with Gasteiger partial charge in [0.2, 0.25) is 15.9 Å². The molecule has 1 atom stereocenters. The van der Waals surface area contributed by atoms with Crippen molar-refractivity contribution in [3.05, 3.63) is 36.4 Å². The zero-order valence-corrected chi connectivity index (χ0v) is 20.0. The van der Waals surface area contributed by atoms with Gasteiger partial charge in [-0.1, -0.05) is 0 Å². The van der Waals surface area contributed by atoms with Gasteiger partial charge in [-0.3, -0.25) is 9.59 Å². The minimum atomic E-state index is -3.79. The topological polar surface area (TPSA) is 123 Å². The quantitative estimate of drug-likeness (QED) is 0.639. The van der Waals surface area contributed by atoms with Gasteiger partial charge < -0.3 is 24.8 Å². The van der Waals surface area contributed by atoms with Crippen molar-refractivity contribution in [2.75, 3.05) is 37.9 Å². The van der Waals surface area contributed by atoms with Crippen LogP contribution in [0.4, 0.5) is 11.4 Å². The van der Waals surface area contributed by atoms with Gasteiger partial charge in [0.05, 0.1) is 24.8 Å². The fraction of sp³-hybridized carbons (Fsp3) is 0.391. The number of amides is 2. The largest absolute Gasteiger partial charge is 0.497 e. The molecule has 0 aromatic heterocycles. The molecule has 4 rings (SSSR count). The van der Waals surface area contributed by atoms with Crippen molar-refractivity contribution < 1.29 is 32.2 Å². The Morgan fingerprint density at radius 2 is 1.74 bits per heavy atom. The zero-order chi connectivity index (χ0) is 24.5. The van der Waals surface area contributed by atoms with Crippen molar-refractivity contribution in [3.8, 4) is 17.2 Å². The summed E-state index contributed by atoms with van der Waals surface area (Å²) in [5.74, 6) is 0.683. The lowest BCUT2D eigenvalue weighted by Gasteiger charge is -2.31. The first-order valence-electron chi connectivity index (χ1n) is 10.9. The monoisotopic (exact) mass is 489 g/mol. The Balaban J connectivity index is 1.41. The highest BCUT2D eigenvalue weighted by atomic mass is 32.2. The van der Waals surface area contributed by atoms with E-state index in [0.29, 0.717) is 41.5 Å². The van der Waals surface area contributed by atoms with E-state index in [-0.39, 0.29) is 35.7 Å². The van der Waals surface area contributed by atoms with E-state index in [1.54, 1.807) is 31.2 Å². The molecule has 2 aliphatic rings. The number of carbonyl (C=O) groups is 2. The van der Waals surface area contributed by atoms with Gasteiger partial charge in [0, 0.05) is 42.9 Å². The van der Waals surface area contributed by atoms with Gasteiger partial charge in [-0.2, -0.15) is 4.31 Å². The molecule has 2 aromatic rings. The molecule has 1 fully saturated rings. The fourth-order valence-electron chi connectivity index (χ4n) is 3.98. The van der Waals surface area contributed by atoms with Crippen LogP contribution in [0.2, 0.25) is 0 Å². The first-order chi connectivity index (χ1) is 16.2. The van der Waals surface area contributed by atoms with Gasteiger partial charge in [0.25, 0.3) is 5.91 Å². The fourth-order valence-corrected chi connectivity index (χ4v) is 5.48. The molecule has 182 valence electrons. The Morgan fingerprint density at radius 3 is 2.35 bits per heavy atom. The summed E-state index contributed by atoms with van der Waals surface area (Å²) in [7, 11) is -0.734. The van der Waals surface area contributed by atoms with E-state index in [1.807, 2.05) is 0 Å². The minimum absolute atomic E-state index is 0.0658. The molecular weight excluding hydrogens is 462 g/mol. The van der Waals surface area contributed by atoms with Gasteiger partial charge in [-0.15, -0.1) is 0 Å². The van der Waals surface area contributed by atoms with Crippen molar-refractivity contribution in [2.24, 2.45) is 5.92 Å². The summed E-state index contributed by atoms with van der Waals surface area (Å²) in [6, 6.07) is 9.51. The van der Waals surface area contributed by atoms with E-state index in [2.05, 4.69) is 10.6 Å². The number of methoxy groups -OCH3 is 2. The Kier molecular flexibility index (Phi) is 6.67. The Morgan fingerprint density at radius 1 is 1.09 bits per heavy atom. The lowest BCUT2D eigenvalue weighted by molar-refractivity contribution is -0.123. The van der Waals surface area contributed by atoms with Crippen molar-refractivity contribution in [1.29, 1.82) is 0 Å². The molecule has 2 heterocycles. The lowest BCUT2D eigenvalue weighted by Crippen LogP contribution is -2.41. The SMILES string of the molecule is COc1cc(NC(=O)C2CCN(S(=O)(=O)c3ccc4c(c3)NC(=O)[C@@H](C)O4)CC2)cc(OC)c1. The Labute approximate surface area is 198 Å². The molecule has 1 saturated heterocycles. The summed E-state index contributed by atoms with van der Waals surface area (Å²) in [5.41, 5.74) is 0.871. The number of piperidine rings is 1. The second-order valence-corrected chi connectivity index (χ2v) is 10.1. The summed E-state index contributed by atoms with van der Waals surface area (Å²) >= 11 is 0. The molecule has 34 heavy (non-hydrogen) atoms. The summed E-state index contributed by atoms with van der Waals surface area (Å²) in [6.07, 6.45) is 0.126. The van der Waals surface area contributed by atoms with E-state index in [9.17, 15) is 18.0 Å². The number of ether oxygens (including phenoxy) is 3. The standard InChI is InChI=1S/C23H27N3O7S/c1-14-22(27)25-20-13-19(4-5-21(20)33-14)34(29,30)26-8-6-15(7-9-26)23(28)24-16-10-17(31-2)12-18(11-16)32-3/h4-5,10-15H,6-9H2,1-3H3,(H,24,28)(H,25,27)/t14-/m1/s1.